The van der Waals surface area contributed by atoms with Crippen LogP contribution in [-0.4, -0.2) is 48.6 Å². The predicted molar refractivity (Wildman–Crippen MR) is 94.7 cm³/mol. The van der Waals surface area contributed by atoms with Gasteiger partial charge in [-0.15, -0.1) is 0 Å². The second-order valence-corrected chi connectivity index (χ2v) is 5.55. The number of hydrogen-bond acceptors (Lipinski definition) is 7. The van der Waals surface area contributed by atoms with Gasteiger partial charge in [0, 0.05) is 24.7 Å². The van der Waals surface area contributed by atoms with Crippen molar-refractivity contribution in [3.8, 4) is 0 Å². The lowest BCUT2D eigenvalue weighted by Gasteiger charge is -2.25. The van der Waals surface area contributed by atoms with Crippen molar-refractivity contribution in [2.24, 2.45) is 5.73 Å². The first-order valence-electron chi connectivity index (χ1n) is 8.36. The number of ether oxygens (including phenoxy) is 2. The average molecular weight is 381 g/mol. The van der Waals surface area contributed by atoms with E-state index in [1.165, 1.54) is 24.3 Å². The van der Waals surface area contributed by atoms with E-state index in [1.807, 2.05) is 0 Å². The van der Waals surface area contributed by atoms with Gasteiger partial charge in [-0.3, -0.25) is 24.5 Å². The van der Waals surface area contributed by atoms with Crippen LogP contribution < -0.4 is 11.1 Å². The first kappa shape index (κ1) is 22.0. The molecule has 10 nitrogen and oxygen atoms in total. The molecule has 1 rings (SSSR count). The molecule has 0 saturated carbocycles. The lowest BCUT2D eigenvalue weighted by molar-refractivity contribution is -0.384. The van der Waals surface area contributed by atoms with Crippen molar-refractivity contribution in [3.63, 3.8) is 0 Å². The highest BCUT2D eigenvalue weighted by Gasteiger charge is 2.32. The van der Waals surface area contributed by atoms with Gasteiger partial charge < -0.3 is 20.5 Å². The topological polar surface area (TPSA) is 151 Å². The van der Waals surface area contributed by atoms with E-state index in [-0.39, 0.29) is 25.3 Å². The molecule has 0 unspecified atom stereocenters. The summed E-state index contributed by atoms with van der Waals surface area (Å²) >= 11 is 0. The molecule has 27 heavy (non-hydrogen) atoms. The minimum absolute atomic E-state index is 0.143. The fraction of sp³-hybridized carbons (Fsp3) is 0.471. The summed E-state index contributed by atoms with van der Waals surface area (Å²) in [4.78, 5) is 46.1. The number of benzene rings is 1. The van der Waals surface area contributed by atoms with E-state index < -0.39 is 34.7 Å². The molecular weight excluding hydrogens is 358 g/mol. The molecule has 148 valence electrons. The third-order valence-electron chi connectivity index (χ3n) is 3.69. The summed E-state index contributed by atoms with van der Waals surface area (Å²) in [6, 6.07) is 4.09. The predicted octanol–water partition coefficient (Wildman–Crippen LogP) is 0.638. The van der Waals surface area contributed by atoms with Crippen LogP contribution in [0.15, 0.2) is 24.3 Å². The van der Waals surface area contributed by atoms with Crippen molar-refractivity contribution in [1.82, 2.24) is 5.32 Å². The molecule has 0 aliphatic rings. The maximum atomic E-state index is 12.0. The number of nitrogens with zero attached hydrogens (tertiary/aromatic N) is 1. The highest BCUT2D eigenvalue weighted by Crippen LogP contribution is 2.26. The van der Waals surface area contributed by atoms with Gasteiger partial charge >= 0.3 is 5.97 Å². The molecule has 0 aromatic heterocycles. The third-order valence-corrected chi connectivity index (χ3v) is 3.69. The van der Waals surface area contributed by atoms with Crippen molar-refractivity contribution in [3.05, 3.63) is 39.9 Å². The number of primary amides is 1. The molecule has 2 atom stereocenters. The van der Waals surface area contributed by atoms with E-state index in [9.17, 15) is 24.5 Å². The average Bonchev–Trinajstić information content (AvgIpc) is 2.63. The molecule has 2 amide bonds. The third kappa shape index (κ3) is 7.02. The molecule has 1 aromatic carbocycles. The summed E-state index contributed by atoms with van der Waals surface area (Å²) in [5.74, 6) is -2.87. The zero-order valence-electron chi connectivity index (χ0n) is 15.2. The Morgan fingerprint density at radius 2 is 1.81 bits per heavy atom. The van der Waals surface area contributed by atoms with Gasteiger partial charge in [0.25, 0.3) is 5.69 Å². The Morgan fingerprint density at radius 3 is 2.30 bits per heavy atom. The fourth-order valence-corrected chi connectivity index (χ4v) is 2.45. The fourth-order valence-electron chi connectivity index (χ4n) is 2.45. The van der Waals surface area contributed by atoms with Crippen molar-refractivity contribution >= 4 is 23.5 Å². The molecule has 0 heterocycles. The Hall–Kier alpha value is -3.01. The zero-order valence-corrected chi connectivity index (χ0v) is 15.2. The van der Waals surface area contributed by atoms with Gasteiger partial charge in [0.1, 0.15) is 12.6 Å². The van der Waals surface area contributed by atoms with E-state index >= 15 is 0 Å². The molecule has 1 aromatic rings. The molecule has 3 N–H and O–H groups in total. The number of esters is 1. The molecule has 0 aliphatic carbocycles. The molecule has 0 fully saturated rings. The van der Waals surface area contributed by atoms with Crippen LogP contribution in [0, 0.1) is 10.1 Å². The van der Waals surface area contributed by atoms with E-state index in [1.54, 1.807) is 13.8 Å². The number of nitrogens with one attached hydrogen (secondary N) is 1. The van der Waals surface area contributed by atoms with Crippen LogP contribution >= 0.6 is 0 Å². The normalized spacial score (nSPS) is 12.7. The first-order chi connectivity index (χ1) is 12.8. The van der Waals surface area contributed by atoms with E-state index in [2.05, 4.69) is 5.32 Å². The highest BCUT2D eigenvalue weighted by molar-refractivity contribution is 5.88. The van der Waals surface area contributed by atoms with Crippen molar-refractivity contribution < 1.29 is 28.8 Å². The quantitative estimate of drug-likeness (QED) is 0.324. The van der Waals surface area contributed by atoms with Crippen LogP contribution in [0.2, 0.25) is 0 Å². The smallest absolute Gasteiger partial charge is 0.306 e. The van der Waals surface area contributed by atoms with Crippen LogP contribution in [0.3, 0.4) is 0 Å². The number of rotatable bonds is 11. The SMILES string of the molecule is CCOCC(=O)N[C@@H](C(N)=O)[C@H](CC(=O)OCC)c1ccc([N+](=O)[O-])cc1. The van der Waals surface area contributed by atoms with Crippen molar-refractivity contribution in [2.45, 2.75) is 32.2 Å². The molecule has 0 aliphatic heterocycles. The zero-order chi connectivity index (χ0) is 20.4. The lowest BCUT2D eigenvalue weighted by Crippen LogP contribution is -2.49. The summed E-state index contributed by atoms with van der Waals surface area (Å²) in [7, 11) is 0. The summed E-state index contributed by atoms with van der Waals surface area (Å²) in [6.45, 7) is 3.52. The van der Waals surface area contributed by atoms with Crippen LogP contribution in [-0.2, 0) is 23.9 Å². The van der Waals surface area contributed by atoms with Gasteiger partial charge in [0.15, 0.2) is 0 Å². The largest absolute Gasteiger partial charge is 0.466 e. The highest BCUT2D eigenvalue weighted by atomic mass is 16.6. The number of nitrogens with two attached hydrogens (primary N) is 1. The van der Waals surface area contributed by atoms with Gasteiger partial charge in [0.05, 0.1) is 18.0 Å². The van der Waals surface area contributed by atoms with Crippen molar-refractivity contribution in [2.75, 3.05) is 19.8 Å². The Bertz CT molecular complexity index is 676. The second kappa shape index (κ2) is 10.9. The van der Waals surface area contributed by atoms with Crippen LogP contribution in [0.1, 0.15) is 31.7 Å². The number of hydrogen-bond donors (Lipinski definition) is 2. The monoisotopic (exact) mass is 381 g/mol. The molecule has 0 radical (unpaired) electrons. The number of carbonyl (C=O) groups excluding carboxylic acids is 3. The standard InChI is InChI=1S/C17H23N3O7/c1-3-26-10-14(21)19-16(17(18)23)13(9-15(22)27-4-2)11-5-7-12(8-6-11)20(24)25/h5-8,13,16H,3-4,9-10H2,1-2H3,(H2,18,23)(H,19,21)/t13-,16-/m1/s1. The first-order valence-corrected chi connectivity index (χ1v) is 8.36. The molecule has 0 bridgehead atoms. The summed E-state index contributed by atoms with van der Waals surface area (Å²) < 4.78 is 9.91. The van der Waals surface area contributed by atoms with Crippen LogP contribution in [0.4, 0.5) is 5.69 Å². The van der Waals surface area contributed by atoms with Crippen LogP contribution in [0.25, 0.3) is 0 Å². The van der Waals surface area contributed by atoms with Gasteiger partial charge in [-0.05, 0) is 19.4 Å². The molecule has 0 saturated heterocycles. The van der Waals surface area contributed by atoms with Gasteiger partial charge in [-0.1, -0.05) is 12.1 Å². The molecular formula is C17H23N3O7. The number of nitro groups is 1. The van der Waals surface area contributed by atoms with Gasteiger partial charge in [0.2, 0.25) is 11.8 Å². The Morgan fingerprint density at radius 1 is 1.19 bits per heavy atom. The number of non-ortho nitro benzene ring substituents is 1. The minimum Gasteiger partial charge on any atom is -0.466 e. The van der Waals surface area contributed by atoms with E-state index in [0.29, 0.717) is 12.2 Å². The summed E-state index contributed by atoms with van der Waals surface area (Å²) in [6.07, 6.45) is -0.242. The van der Waals surface area contributed by atoms with Crippen molar-refractivity contribution in [1.29, 1.82) is 0 Å². The van der Waals surface area contributed by atoms with Gasteiger partial charge in [-0.25, -0.2) is 0 Å². The minimum atomic E-state index is -1.22. The van der Waals surface area contributed by atoms with E-state index in [0.717, 1.165) is 0 Å². The number of amides is 2. The number of nitro benzene ring substituents is 1. The second-order valence-electron chi connectivity index (χ2n) is 5.55. The maximum Gasteiger partial charge on any atom is 0.306 e. The number of carbonyl (C=O) groups is 3. The summed E-state index contributed by atoms with van der Waals surface area (Å²) in [5, 5.41) is 13.3. The molecule has 10 heteroatoms. The maximum absolute atomic E-state index is 12.0. The summed E-state index contributed by atoms with van der Waals surface area (Å²) in [5.41, 5.74) is 5.70. The van der Waals surface area contributed by atoms with E-state index in [4.69, 9.17) is 15.2 Å². The van der Waals surface area contributed by atoms with Gasteiger partial charge in [-0.2, -0.15) is 0 Å². The van der Waals surface area contributed by atoms with Crippen LogP contribution in [0.5, 0.6) is 0 Å². The lowest BCUT2D eigenvalue weighted by atomic mass is 9.87. The Kier molecular flexibility index (Phi) is 8.86. The molecule has 0 spiro atoms. The Labute approximate surface area is 156 Å². The Balaban J connectivity index is 3.15.